The van der Waals surface area contributed by atoms with Crippen LogP contribution in [0.25, 0.3) is 0 Å². The molecule has 1 aromatic carbocycles. The lowest BCUT2D eigenvalue weighted by Gasteiger charge is -2.24. The molecule has 1 aliphatic heterocycles. The van der Waals surface area contributed by atoms with Crippen molar-refractivity contribution in [1.29, 1.82) is 0 Å². The fourth-order valence-electron chi connectivity index (χ4n) is 1.93. The van der Waals surface area contributed by atoms with Crippen molar-refractivity contribution in [2.75, 3.05) is 13.1 Å². The maximum Gasteiger partial charge on any atom is 0.159 e. The van der Waals surface area contributed by atoms with E-state index < -0.39 is 11.6 Å². The molecule has 1 heterocycles. The van der Waals surface area contributed by atoms with Crippen LogP contribution >= 0.6 is 0 Å². The molecule has 0 radical (unpaired) electrons. The number of halogens is 2. The molecule has 1 aliphatic rings. The molecule has 2 nitrogen and oxygen atoms in total. The summed E-state index contributed by atoms with van der Waals surface area (Å²) in [6, 6.07) is 4.02. The Bertz CT molecular complexity index is 373. The highest BCUT2D eigenvalue weighted by molar-refractivity contribution is 5.18. The summed E-state index contributed by atoms with van der Waals surface area (Å²) in [6.45, 7) is 4.61. The van der Waals surface area contributed by atoms with Crippen LogP contribution in [0.15, 0.2) is 18.2 Å². The Hall–Kier alpha value is -1.00. The third-order valence-electron chi connectivity index (χ3n) is 3.07. The molecule has 0 aliphatic carbocycles. The SMILES string of the molecule is CC1(NCc2ccc(F)c(F)c2)CCNC1. The molecular weight excluding hydrogens is 210 g/mol. The van der Waals surface area contributed by atoms with Crippen molar-refractivity contribution < 1.29 is 8.78 Å². The maximum atomic E-state index is 13.0. The Labute approximate surface area is 94.0 Å². The second kappa shape index (κ2) is 4.47. The van der Waals surface area contributed by atoms with E-state index in [4.69, 9.17) is 0 Å². The molecule has 0 saturated carbocycles. The van der Waals surface area contributed by atoms with E-state index in [-0.39, 0.29) is 5.54 Å². The summed E-state index contributed by atoms with van der Waals surface area (Å²) < 4.78 is 25.7. The van der Waals surface area contributed by atoms with Gasteiger partial charge in [0.05, 0.1) is 0 Å². The molecule has 0 bridgehead atoms. The van der Waals surface area contributed by atoms with E-state index in [1.54, 1.807) is 6.07 Å². The molecule has 4 heteroatoms. The van der Waals surface area contributed by atoms with Crippen LogP contribution in [-0.2, 0) is 6.54 Å². The van der Waals surface area contributed by atoms with Gasteiger partial charge in [0.15, 0.2) is 11.6 Å². The highest BCUT2D eigenvalue weighted by Gasteiger charge is 2.27. The fraction of sp³-hybridized carbons (Fsp3) is 0.500. The molecule has 0 aromatic heterocycles. The number of hydrogen-bond acceptors (Lipinski definition) is 2. The lowest BCUT2D eigenvalue weighted by Crippen LogP contribution is -2.43. The van der Waals surface area contributed by atoms with Crippen LogP contribution in [0.2, 0.25) is 0 Å². The van der Waals surface area contributed by atoms with Gasteiger partial charge < -0.3 is 10.6 Å². The van der Waals surface area contributed by atoms with Crippen molar-refractivity contribution in [3.8, 4) is 0 Å². The van der Waals surface area contributed by atoms with E-state index in [0.29, 0.717) is 6.54 Å². The first-order chi connectivity index (χ1) is 7.59. The summed E-state index contributed by atoms with van der Waals surface area (Å²) >= 11 is 0. The fourth-order valence-corrected chi connectivity index (χ4v) is 1.93. The van der Waals surface area contributed by atoms with Gasteiger partial charge in [-0.05, 0) is 37.6 Å². The Balaban J connectivity index is 1.96. The average Bonchev–Trinajstić information content (AvgIpc) is 2.68. The smallest absolute Gasteiger partial charge is 0.159 e. The van der Waals surface area contributed by atoms with Crippen LogP contribution in [0.5, 0.6) is 0 Å². The van der Waals surface area contributed by atoms with Gasteiger partial charge in [0, 0.05) is 18.6 Å². The van der Waals surface area contributed by atoms with Crippen LogP contribution in [-0.4, -0.2) is 18.6 Å². The van der Waals surface area contributed by atoms with Gasteiger partial charge in [-0.1, -0.05) is 6.07 Å². The van der Waals surface area contributed by atoms with Crippen molar-refractivity contribution in [3.63, 3.8) is 0 Å². The minimum Gasteiger partial charge on any atom is -0.315 e. The first-order valence-corrected chi connectivity index (χ1v) is 5.49. The first kappa shape index (κ1) is 11.5. The van der Waals surface area contributed by atoms with Crippen LogP contribution in [0.3, 0.4) is 0 Å². The molecule has 1 atom stereocenters. The van der Waals surface area contributed by atoms with Crippen LogP contribution in [0.4, 0.5) is 8.78 Å². The third-order valence-corrected chi connectivity index (χ3v) is 3.07. The molecule has 2 N–H and O–H groups in total. The molecule has 1 aromatic rings. The zero-order chi connectivity index (χ0) is 11.6. The monoisotopic (exact) mass is 226 g/mol. The van der Waals surface area contributed by atoms with Crippen molar-refractivity contribution >= 4 is 0 Å². The van der Waals surface area contributed by atoms with Crippen LogP contribution in [0, 0.1) is 11.6 Å². The summed E-state index contributed by atoms with van der Waals surface area (Å²) in [6.07, 6.45) is 1.05. The topological polar surface area (TPSA) is 24.1 Å². The highest BCUT2D eigenvalue weighted by atomic mass is 19.2. The van der Waals surface area contributed by atoms with Crippen molar-refractivity contribution in [2.45, 2.75) is 25.4 Å². The predicted octanol–water partition coefficient (Wildman–Crippen LogP) is 1.81. The van der Waals surface area contributed by atoms with Gasteiger partial charge in [-0.2, -0.15) is 0 Å². The van der Waals surface area contributed by atoms with E-state index in [1.807, 2.05) is 0 Å². The maximum absolute atomic E-state index is 13.0. The predicted molar refractivity (Wildman–Crippen MR) is 59.1 cm³/mol. The molecule has 16 heavy (non-hydrogen) atoms. The average molecular weight is 226 g/mol. The molecular formula is C12H16F2N2. The van der Waals surface area contributed by atoms with Gasteiger partial charge in [0.2, 0.25) is 0 Å². The van der Waals surface area contributed by atoms with Gasteiger partial charge >= 0.3 is 0 Å². The molecule has 2 rings (SSSR count). The standard InChI is InChI=1S/C12H16F2N2/c1-12(4-5-15-8-12)16-7-9-2-3-10(13)11(14)6-9/h2-3,6,15-16H,4-5,7-8H2,1H3. The van der Waals surface area contributed by atoms with E-state index in [9.17, 15) is 8.78 Å². The minimum atomic E-state index is -0.794. The second-order valence-corrected chi connectivity index (χ2v) is 4.59. The molecule has 1 saturated heterocycles. The minimum absolute atomic E-state index is 0.0604. The molecule has 1 fully saturated rings. The van der Waals surface area contributed by atoms with Crippen LogP contribution < -0.4 is 10.6 Å². The zero-order valence-corrected chi connectivity index (χ0v) is 9.32. The van der Waals surface area contributed by atoms with Gasteiger partial charge in [0.25, 0.3) is 0 Å². The Morgan fingerprint density at radius 1 is 1.38 bits per heavy atom. The van der Waals surface area contributed by atoms with Crippen molar-refractivity contribution in [1.82, 2.24) is 10.6 Å². The summed E-state index contributed by atoms with van der Waals surface area (Å²) in [5.74, 6) is -1.58. The van der Waals surface area contributed by atoms with E-state index >= 15 is 0 Å². The largest absolute Gasteiger partial charge is 0.315 e. The second-order valence-electron chi connectivity index (χ2n) is 4.59. The number of nitrogens with one attached hydrogen (secondary N) is 2. The summed E-state index contributed by atoms with van der Waals surface area (Å²) in [7, 11) is 0. The van der Waals surface area contributed by atoms with Gasteiger partial charge in [-0.15, -0.1) is 0 Å². The zero-order valence-electron chi connectivity index (χ0n) is 9.32. The molecule has 88 valence electrons. The molecule has 0 amide bonds. The van der Waals surface area contributed by atoms with E-state index in [0.717, 1.165) is 25.1 Å². The molecule has 1 unspecified atom stereocenters. The van der Waals surface area contributed by atoms with Gasteiger partial charge in [-0.25, -0.2) is 8.78 Å². The molecule has 0 spiro atoms. The van der Waals surface area contributed by atoms with Gasteiger partial charge in [-0.3, -0.25) is 0 Å². The summed E-state index contributed by atoms with van der Waals surface area (Å²) in [5, 5.41) is 6.64. The number of rotatable bonds is 3. The Morgan fingerprint density at radius 2 is 2.19 bits per heavy atom. The summed E-state index contributed by atoms with van der Waals surface area (Å²) in [5.41, 5.74) is 0.831. The first-order valence-electron chi connectivity index (χ1n) is 5.49. The Morgan fingerprint density at radius 3 is 2.81 bits per heavy atom. The van der Waals surface area contributed by atoms with E-state index in [1.165, 1.54) is 12.1 Å². The summed E-state index contributed by atoms with van der Waals surface area (Å²) in [4.78, 5) is 0. The van der Waals surface area contributed by atoms with E-state index in [2.05, 4.69) is 17.6 Å². The van der Waals surface area contributed by atoms with Crippen molar-refractivity contribution in [2.24, 2.45) is 0 Å². The lowest BCUT2D eigenvalue weighted by molar-refractivity contribution is 0.385. The third kappa shape index (κ3) is 2.57. The quantitative estimate of drug-likeness (QED) is 0.821. The van der Waals surface area contributed by atoms with Crippen LogP contribution in [0.1, 0.15) is 18.9 Å². The number of hydrogen-bond donors (Lipinski definition) is 2. The number of benzene rings is 1. The van der Waals surface area contributed by atoms with Gasteiger partial charge in [0.1, 0.15) is 0 Å². The van der Waals surface area contributed by atoms with Crippen molar-refractivity contribution in [3.05, 3.63) is 35.4 Å². The normalized spacial score (nSPS) is 24.9. The highest BCUT2D eigenvalue weighted by Crippen LogP contribution is 2.15. The Kier molecular flexibility index (Phi) is 3.21. The lowest BCUT2D eigenvalue weighted by atomic mass is 10.0.